The fourth-order valence-corrected chi connectivity index (χ4v) is 3.43. The molecule has 8 heteroatoms. The molecular formula is C22H21N5O3. The van der Waals surface area contributed by atoms with E-state index in [1.54, 1.807) is 32.4 Å². The van der Waals surface area contributed by atoms with Gasteiger partial charge in [-0.3, -0.25) is 9.89 Å². The number of nitrogens with zero attached hydrogens (tertiary/aromatic N) is 2. The van der Waals surface area contributed by atoms with Gasteiger partial charge in [-0.1, -0.05) is 24.3 Å². The molecule has 30 heavy (non-hydrogen) atoms. The van der Waals surface area contributed by atoms with Gasteiger partial charge in [0, 0.05) is 16.8 Å². The first kappa shape index (κ1) is 19.4. The molecule has 3 amide bonds. The van der Waals surface area contributed by atoms with Gasteiger partial charge in [-0.2, -0.15) is 5.10 Å². The van der Waals surface area contributed by atoms with Crippen LogP contribution in [-0.4, -0.2) is 41.0 Å². The lowest BCUT2D eigenvalue weighted by molar-refractivity contribution is -0.118. The van der Waals surface area contributed by atoms with Gasteiger partial charge in [0.2, 0.25) is 5.91 Å². The highest BCUT2D eigenvalue weighted by Gasteiger charge is 2.34. The van der Waals surface area contributed by atoms with E-state index in [9.17, 15) is 9.59 Å². The Morgan fingerprint density at radius 1 is 1.20 bits per heavy atom. The van der Waals surface area contributed by atoms with Gasteiger partial charge < -0.3 is 15.4 Å². The Balaban J connectivity index is 1.55. The maximum absolute atomic E-state index is 13.0. The van der Waals surface area contributed by atoms with Gasteiger partial charge >= 0.3 is 6.03 Å². The molecular weight excluding hydrogens is 382 g/mol. The van der Waals surface area contributed by atoms with E-state index in [4.69, 9.17) is 4.74 Å². The largest absolute Gasteiger partial charge is 0.497 e. The van der Waals surface area contributed by atoms with Crippen LogP contribution in [0.5, 0.6) is 5.75 Å². The average Bonchev–Trinajstić information content (AvgIpc) is 3.20. The van der Waals surface area contributed by atoms with E-state index in [0.29, 0.717) is 11.4 Å². The second kappa shape index (κ2) is 8.20. The van der Waals surface area contributed by atoms with Crippen molar-refractivity contribution >= 4 is 40.3 Å². The molecule has 1 aliphatic heterocycles. The molecule has 0 saturated heterocycles. The topological polar surface area (TPSA) is 108 Å². The first-order valence-electron chi connectivity index (χ1n) is 9.45. The predicted octanol–water partition coefficient (Wildman–Crippen LogP) is 3.39. The fourth-order valence-electron chi connectivity index (χ4n) is 3.43. The van der Waals surface area contributed by atoms with Crippen molar-refractivity contribution in [3.8, 4) is 5.75 Å². The summed E-state index contributed by atoms with van der Waals surface area (Å²) < 4.78 is 5.16. The van der Waals surface area contributed by atoms with Crippen molar-refractivity contribution in [1.82, 2.24) is 15.5 Å². The summed E-state index contributed by atoms with van der Waals surface area (Å²) in [7, 11) is 1.61. The number of hydrogen-bond acceptors (Lipinski definition) is 4. The summed E-state index contributed by atoms with van der Waals surface area (Å²) in [6.07, 6.45) is 5.36. The minimum atomic E-state index is -0.628. The first-order chi connectivity index (χ1) is 14.5. The second-order valence-electron chi connectivity index (χ2n) is 7.00. The lowest BCUT2D eigenvalue weighted by atomic mass is 9.91. The number of aromatic nitrogens is 2. The van der Waals surface area contributed by atoms with Gasteiger partial charge in [-0.05, 0) is 42.8 Å². The van der Waals surface area contributed by atoms with Crippen molar-refractivity contribution in [2.24, 2.45) is 10.9 Å². The van der Waals surface area contributed by atoms with E-state index in [1.807, 2.05) is 42.5 Å². The van der Waals surface area contributed by atoms with Crippen LogP contribution in [0.2, 0.25) is 0 Å². The summed E-state index contributed by atoms with van der Waals surface area (Å²) in [5.74, 6) is -0.117. The van der Waals surface area contributed by atoms with Gasteiger partial charge in [-0.15, -0.1) is 0 Å². The van der Waals surface area contributed by atoms with Crippen LogP contribution in [0.1, 0.15) is 12.5 Å². The minimum absolute atomic E-state index is 0.247. The minimum Gasteiger partial charge on any atom is -0.497 e. The van der Waals surface area contributed by atoms with Crippen LogP contribution in [-0.2, 0) is 4.79 Å². The van der Waals surface area contributed by atoms with Crippen LogP contribution in [0.15, 0.2) is 59.7 Å². The summed E-state index contributed by atoms with van der Waals surface area (Å²) >= 11 is 0. The third kappa shape index (κ3) is 4.07. The molecule has 0 fully saturated rings. The Morgan fingerprint density at radius 2 is 2.00 bits per heavy atom. The number of amides is 3. The number of nitrogens with one attached hydrogen (secondary N) is 3. The normalized spacial score (nSPS) is 18.9. The maximum Gasteiger partial charge on any atom is 0.341 e. The first-order valence-corrected chi connectivity index (χ1v) is 9.45. The highest BCUT2D eigenvalue weighted by atomic mass is 16.5. The van der Waals surface area contributed by atoms with Crippen LogP contribution in [0.3, 0.4) is 0 Å². The maximum atomic E-state index is 13.0. The number of carbonyl (C=O) groups excluding carboxylic acids is 2. The summed E-state index contributed by atoms with van der Waals surface area (Å²) in [6.45, 7) is 1.69. The molecule has 1 aliphatic rings. The molecule has 1 aromatic heterocycles. The lowest BCUT2D eigenvalue weighted by Gasteiger charge is -2.28. The summed E-state index contributed by atoms with van der Waals surface area (Å²) in [4.78, 5) is 28.9. The van der Waals surface area contributed by atoms with E-state index >= 15 is 0 Å². The Hall–Kier alpha value is -3.94. The van der Waals surface area contributed by atoms with Crippen molar-refractivity contribution in [1.29, 1.82) is 0 Å². The van der Waals surface area contributed by atoms with Crippen LogP contribution >= 0.6 is 0 Å². The summed E-state index contributed by atoms with van der Waals surface area (Å²) in [5, 5.41) is 13.4. The monoisotopic (exact) mass is 403 g/mol. The number of methoxy groups -OCH3 is 1. The molecule has 0 bridgehead atoms. The molecule has 2 aromatic carbocycles. The predicted molar refractivity (Wildman–Crippen MR) is 116 cm³/mol. The zero-order valence-corrected chi connectivity index (χ0v) is 16.5. The van der Waals surface area contributed by atoms with Crippen molar-refractivity contribution in [2.45, 2.75) is 13.0 Å². The standard InChI is InChI=1S/C22H21N5O3/c1-13-20(21(28)25-16-6-10-18-15(11-16)12-23-27-18)19(26-22(29)24-13)9-5-14-3-7-17(30-2)8-4-14/h3-12,19-20H,1-2H3,(H,23,27)(H,25,28)(H,26,29). The molecule has 2 unspecified atom stereocenters. The van der Waals surface area contributed by atoms with Crippen LogP contribution in [0.4, 0.5) is 10.5 Å². The third-order valence-electron chi connectivity index (χ3n) is 4.98. The third-order valence-corrected chi connectivity index (χ3v) is 4.98. The molecule has 0 radical (unpaired) electrons. The smallest absolute Gasteiger partial charge is 0.341 e. The Bertz CT molecular complexity index is 1150. The molecule has 0 aliphatic carbocycles. The quantitative estimate of drug-likeness (QED) is 0.607. The van der Waals surface area contributed by atoms with Crippen LogP contribution in [0.25, 0.3) is 17.0 Å². The van der Waals surface area contributed by atoms with Gasteiger partial charge in [0.15, 0.2) is 0 Å². The summed E-state index contributed by atoms with van der Waals surface area (Å²) in [6, 6.07) is 12.0. The number of hydrogen-bond donors (Lipinski definition) is 3. The van der Waals surface area contributed by atoms with E-state index < -0.39 is 18.0 Å². The number of benzene rings is 2. The molecule has 4 rings (SSSR count). The molecule has 8 nitrogen and oxygen atoms in total. The molecule has 0 saturated carbocycles. The molecule has 2 heterocycles. The van der Waals surface area contributed by atoms with Crippen molar-refractivity contribution in [3.63, 3.8) is 0 Å². The number of aromatic amines is 1. The molecule has 152 valence electrons. The average molecular weight is 403 g/mol. The number of aliphatic imine (C=N–C) groups is 1. The highest BCUT2D eigenvalue weighted by molar-refractivity contribution is 6.13. The molecule has 2 atom stereocenters. The van der Waals surface area contributed by atoms with Crippen molar-refractivity contribution < 1.29 is 14.3 Å². The van der Waals surface area contributed by atoms with Gasteiger partial charge in [-0.25, -0.2) is 9.79 Å². The molecule has 3 aromatic rings. The van der Waals surface area contributed by atoms with Gasteiger partial charge in [0.25, 0.3) is 0 Å². The Morgan fingerprint density at radius 3 is 2.77 bits per heavy atom. The van der Waals surface area contributed by atoms with Gasteiger partial charge in [0.1, 0.15) is 11.7 Å². The van der Waals surface area contributed by atoms with E-state index in [2.05, 4.69) is 25.8 Å². The Labute approximate surface area is 173 Å². The van der Waals surface area contributed by atoms with Crippen molar-refractivity contribution in [3.05, 3.63) is 60.3 Å². The van der Waals surface area contributed by atoms with E-state index in [1.165, 1.54) is 0 Å². The van der Waals surface area contributed by atoms with E-state index in [-0.39, 0.29) is 5.91 Å². The van der Waals surface area contributed by atoms with Gasteiger partial charge in [0.05, 0.1) is 24.9 Å². The number of carbonyl (C=O) groups is 2. The number of rotatable bonds is 5. The van der Waals surface area contributed by atoms with Crippen LogP contribution < -0.4 is 15.4 Å². The zero-order chi connectivity index (χ0) is 21.1. The second-order valence-corrected chi connectivity index (χ2v) is 7.00. The summed E-state index contributed by atoms with van der Waals surface area (Å²) in [5.41, 5.74) is 2.92. The molecule has 0 spiro atoms. The van der Waals surface area contributed by atoms with E-state index in [0.717, 1.165) is 22.2 Å². The number of fused-ring (bicyclic) bond motifs is 1. The fraction of sp³-hybridized carbons (Fsp3) is 0.182. The zero-order valence-electron chi connectivity index (χ0n) is 16.5. The number of urea groups is 1. The SMILES string of the molecule is COc1ccc(C=CC2NC(=O)N=C(C)C2C(=O)Nc2ccc3[nH]ncc3c2)cc1. The number of ether oxygens (including phenoxy) is 1. The Kier molecular flexibility index (Phi) is 5.30. The van der Waals surface area contributed by atoms with Crippen LogP contribution in [0, 0.1) is 5.92 Å². The molecule has 3 N–H and O–H groups in total. The van der Waals surface area contributed by atoms with Crippen molar-refractivity contribution in [2.75, 3.05) is 12.4 Å². The number of H-pyrrole nitrogens is 1. The number of anilines is 1. The highest BCUT2D eigenvalue weighted by Crippen LogP contribution is 2.21. The lowest BCUT2D eigenvalue weighted by Crippen LogP contribution is -2.50.